The largest absolute Gasteiger partial charge is 0.482 e. The fraction of sp³-hybridized carbons (Fsp3) is 0.250. The Morgan fingerprint density at radius 3 is 2.48 bits per heavy atom. The predicted octanol–water partition coefficient (Wildman–Crippen LogP) is 1.59. The van der Waals surface area contributed by atoms with Gasteiger partial charge >= 0.3 is 5.97 Å². The standard InChI is InChI=1S/C16H17NO6S2/c1-25(21,22)15-8-12(10-24-15)16(20)17-7-6-11-2-4-13(5-3-11)23-9-14(18)19/h2-5,8,10H,6-7,9H2,1H3,(H,17,20)(H,18,19). The highest BCUT2D eigenvalue weighted by Gasteiger charge is 2.14. The van der Waals surface area contributed by atoms with Crippen LogP contribution in [-0.2, 0) is 21.1 Å². The van der Waals surface area contributed by atoms with Gasteiger partial charge in [-0.2, -0.15) is 0 Å². The van der Waals surface area contributed by atoms with Gasteiger partial charge in [0.1, 0.15) is 9.96 Å². The monoisotopic (exact) mass is 383 g/mol. The first-order chi connectivity index (χ1) is 11.8. The number of carboxylic acid groups (broad SMARTS) is 1. The molecule has 0 saturated heterocycles. The first-order valence-electron chi connectivity index (χ1n) is 7.26. The minimum Gasteiger partial charge on any atom is -0.482 e. The molecule has 134 valence electrons. The van der Waals surface area contributed by atoms with Gasteiger partial charge in [0.2, 0.25) is 0 Å². The highest BCUT2D eigenvalue weighted by molar-refractivity contribution is 7.92. The van der Waals surface area contributed by atoms with Crippen LogP contribution in [-0.4, -0.2) is 44.8 Å². The molecule has 1 amide bonds. The lowest BCUT2D eigenvalue weighted by molar-refractivity contribution is -0.139. The molecule has 0 aliphatic rings. The Labute approximate surface area is 149 Å². The molecule has 0 aliphatic carbocycles. The van der Waals surface area contributed by atoms with Gasteiger partial charge in [-0.3, -0.25) is 4.79 Å². The SMILES string of the molecule is CS(=O)(=O)c1cc(C(=O)NCCc2ccc(OCC(=O)O)cc2)cs1. The highest BCUT2D eigenvalue weighted by Crippen LogP contribution is 2.20. The quantitative estimate of drug-likeness (QED) is 0.716. The predicted molar refractivity (Wildman–Crippen MR) is 93.0 cm³/mol. The number of carbonyl (C=O) groups excluding carboxylic acids is 1. The Balaban J connectivity index is 1.83. The van der Waals surface area contributed by atoms with Crippen LogP contribution in [0.2, 0.25) is 0 Å². The fourth-order valence-corrected chi connectivity index (χ4v) is 3.75. The van der Waals surface area contributed by atoms with Gasteiger partial charge in [0, 0.05) is 18.2 Å². The summed E-state index contributed by atoms with van der Waals surface area (Å²) in [6.45, 7) is -0.0102. The van der Waals surface area contributed by atoms with Gasteiger partial charge in [0.05, 0.1) is 5.56 Å². The number of carboxylic acids is 1. The summed E-state index contributed by atoms with van der Waals surface area (Å²) in [5, 5.41) is 12.8. The maximum Gasteiger partial charge on any atom is 0.341 e. The molecule has 0 unspecified atom stereocenters. The van der Waals surface area contributed by atoms with E-state index in [1.807, 2.05) is 0 Å². The first kappa shape index (κ1) is 18.9. The summed E-state index contributed by atoms with van der Waals surface area (Å²) in [4.78, 5) is 22.4. The number of benzene rings is 1. The van der Waals surface area contributed by atoms with Gasteiger partial charge in [-0.05, 0) is 30.2 Å². The number of hydrogen-bond acceptors (Lipinski definition) is 6. The van der Waals surface area contributed by atoms with E-state index in [1.165, 1.54) is 11.4 Å². The molecule has 0 spiro atoms. The number of aliphatic carboxylic acids is 1. The van der Waals surface area contributed by atoms with Crippen molar-refractivity contribution in [3.05, 3.63) is 46.8 Å². The van der Waals surface area contributed by atoms with E-state index in [-0.39, 0.29) is 10.1 Å². The van der Waals surface area contributed by atoms with Crippen molar-refractivity contribution in [2.45, 2.75) is 10.6 Å². The molecule has 0 aliphatic heterocycles. The van der Waals surface area contributed by atoms with Gasteiger partial charge in [-0.25, -0.2) is 13.2 Å². The molecule has 9 heteroatoms. The molecular weight excluding hydrogens is 366 g/mol. The van der Waals surface area contributed by atoms with Crippen LogP contribution in [0.5, 0.6) is 5.75 Å². The number of nitrogens with one attached hydrogen (secondary N) is 1. The van der Waals surface area contributed by atoms with Crippen LogP contribution >= 0.6 is 11.3 Å². The maximum atomic E-state index is 12.0. The molecule has 2 rings (SSSR count). The van der Waals surface area contributed by atoms with Crippen molar-refractivity contribution in [3.63, 3.8) is 0 Å². The molecule has 1 aromatic carbocycles. The van der Waals surface area contributed by atoms with Crippen molar-refractivity contribution in [2.24, 2.45) is 0 Å². The Hall–Kier alpha value is -2.39. The van der Waals surface area contributed by atoms with Crippen LogP contribution in [0.25, 0.3) is 0 Å². The number of ether oxygens (including phenoxy) is 1. The molecule has 0 saturated carbocycles. The van der Waals surface area contributed by atoms with Crippen LogP contribution in [0.3, 0.4) is 0 Å². The summed E-state index contributed by atoms with van der Waals surface area (Å²) in [6, 6.07) is 8.27. The van der Waals surface area contributed by atoms with Crippen LogP contribution in [0.15, 0.2) is 39.9 Å². The van der Waals surface area contributed by atoms with E-state index in [1.54, 1.807) is 24.3 Å². The van der Waals surface area contributed by atoms with Crippen molar-refractivity contribution in [3.8, 4) is 5.75 Å². The summed E-state index contributed by atoms with van der Waals surface area (Å²) in [5.41, 5.74) is 1.27. The minimum atomic E-state index is -3.30. The number of amides is 1. The average Bonchev–Trinajstić information content (AvgIpc) is 3.04. The number of thiophene rings is 1. The topological polar surface area (TPSA) is 110 Å². The third-order valence-electron chi connectivity index (χ3n) is 3.19. The van der Waals surface area contributed by atoms with Crippen molar-refractivity contribution in [1.82, 2.24) is 5.32 Å². The van der Waals surface area contributed by atoms with Crippen molar-refractivity contribution >= 4 is 33.1 Å². The van der Waals surface area contributed by atoms with Crippen LogP contribution in [0.1, 0.15) is 15.9 Å². The highest BCUT2D eigenvalue weighted by atomic mass is 32.2. The minimum absolute atomic E-state index is 0.162. The lowest BCUT2D eigenvalue weighted by atomic mass is 10.1. The molecule has 25 heavy (non-hydrogen) atoms. The molecule has 0 radical (unpaired) electrons. The zero-order valence-corrected chi connectivity index (χ0v) is 15.0. The third-order valence-corrected chi connectivity index (χ3v) is 5.96. The smallest absolute Gasteiger partial charge is 0.341 e. The maximum absolute atomic E-state index is 12.0. The molecule has 0 fully saturated rings. The molecular formula is C16H17NO6S2. The average molecular weight is 383 g/mol. The zero-order valence-electron chi connectivity index (χ0n) is 13.4. The van der Waals surface area contributed by atoms with Gasteiger partial charge < -0.3 is 15.2 Å². The van der Waals surface area contributed by atoms with E-state index in [0.717, 1.165) is 23.2 Å². The Morgan fingerprint density at radius 2 is 1.92 bits per heavy atom. The number of carbonyl (C=O) groups is 2. The normalized spacial score (nSPS) is 11.1. The second-order valence-electron chi connectivity index (χ2n) is 5.26. The molecule has 2 aromatic rings. The van der Waals surface area contributed by atoms with E-state index in [9.17, 15) is 18.0 Å². The molecule has 1 aromatic heterocycles. The number of sulfone groups is 1. The second kappa shape index (κ2) is 8.13. The van der Waals surface area contributed by atoms with Gasteiger partial charge in [0.25, 0.3) is 5.91 Å². The summed E-state index contributed by atoms with van der Waals surface area (Å²) < 4.78 is 28.0. The summed E-state index contributed by atoms with van der Waals surface area (Å²) in [6.07, 6.45) is 1.68. The summed E-state index contributed by atoms with van der Waals surface area (Å²) in [5.74, 6) is -0.909. The summed E-state index contributed by atoms with van der Waals surface area (Å²) >= 11 is 1.02. The summed E-state index contributed by atoms with van der Waals surface area (Å²) in [7, 11) is -3.30. The van der Waals surface area contributed by atoms with Gasteiger partial charge in [-0.1, -0.05) is 12.1 Å². The van der Waals surface area contributed by atoms with Gasteiger partial charge in [0.15, 0.2) is 16.4 Å². The van der Waals surface area contributed by atoms with Crippen LogP contribution in [0.4, 0.5) is 0 Å². The third kappa shape index (κ3) is 5.87. The van der Waals surface area contributed by atoms with Gasteiger partial charge in [-0.15, -0.1) is 11.3 Å². The number of hydrogen-bond donors (Lipinski definition) is 2. The van der Waals surface area contributed by atoms with E-state index < -0.39 is 22.4 Å². The van der Waals surface area contributed by atoms with Crippen LogP contribution < -0.4 is 10.1 Å². The van der Waals surface area contributed by atoms with Crippen molar-refractivity contribution in [1.29, 1.82) is 0 Å². The van der Waals surface area contributed by atoms with Crippen LogP contribution in [0, 0.1) is 0 Å². The first-order valence-corrected chi connectivity index (χ1v) is 10.0. The second-order valence-corrected chi connectivity index (χ2v) is 8.41. The molecule has 2 N–H and O–H groups in total. The van der Waals surface area contributed by atoms with Crippen molar-refractivity contribution < 1.29 is 27.9 Å². The Bertz CT molecular complexity index is 855. The zero-order chi connectivity index (χ0) is 18.4. The molecule has 7 nitrogen and oxygen atoms in total. The Morgan fingerprint density at radius 1 is 1.24 bits per heavy atom. The Kier molecular flexibility index (Phi) is 6.16. The molecule has 1 heterocycles. The number of rotatable bonds is 8. The van der Waals surface area contributed by atoms with E-state index >= 15 is 0 Å². The van der Waals surface area contributed by atoms with E-state index in [2.05, 4.69) is 5.32 Å². The lowest BCUT2D eigenvalue weighted by Crippen LogP contribution is -2.25. The molecule has 0 bridgehead atoms. The lowest BCUT2D eigenvalue weighted by Gasteiger charge is -2.06. The molecule has 0 atom stereocenters. The van der Waals surface area contributed by atoms with E-state index in [4.69, 9.17) is 9.84 Å². The van der Waals surface area contributed by atoms with E-state index in [0.29, 0.717) is 24.3 Å². The fourth-order valence-electron chi connectivity index (χ4n) is 1.95. The van der Waals surface area contributed by atoms with Crippen molar-refractivity contribution in [2.75, 3.05) is 19.4 Å².